The number of carbonyl (C=O) groups is 2. The number of allylic oxidation sites excluding steroid dienone is 1. The molecule has 0 saturated carbocycles. The van der Waals surface area contributed by atoms with Crippen LogP contribution in [0.5, 0.6) is 0 Å². The number of likely N-dealkylation sites (tertiary alicyclic amines) is 1. The molecule has 2 aliphatic heterocycles. The molecule has 0 atom stereocenters. The molecule has 2 aliphatic rings. The van der Waals surface area contributed by atoms with Gasteiger partial charge < -0.3 is 14.5 Å². The number of nitrogens with zero attached hydrogens (tertiary/aromatic N) is 3. The molecule has 0 bridgehead atoms. The standard InChI is InChI=1S/C21H27N3O3/c1-16(25)20-12-19(13-22-20)23(2)14-17-8-10-24(11-9-17)21(26)27-15-18-6-4-3-5-7-18/h3-7,12,17H,8-11,13-15H2,1-2H3. The Labute approximate surface area is 160 Å². The number of carbonyl (C=O) groups excluding carboxylic acids is 2. The molecule has 0 aliphatic carbocycles. The lowest BCUT2D eigenvalue weighted by atomic mass is 9.96. The second-order valence-electron chi connectivity index (χ2n) is 7.24. The molecular weight excluding hydrogens is 342 g/mol. The van der Waals surface area contributed by atoms with Crippen LogP contribution in [0.4, 0.5) is 4.79 Å². The summed E-state index contributed by atoms with van der Waals surface area (Å²) in [7, 11) is 2.05. The van der Waals surface area contributed by atoms with Gasteiger partial charge in [0.15, 0.2) is 5.78 Å². The van der Waals surface area contributed by atoms with E-state index in [9.17, 15) is 9.59 Å². The third-order valence-electron chi connectivity index (χ3n) is 5.18. The van der Waals surface area contributed by atoms with Crippen LogP contribution < -0.4 is 0 Å². The summed E-state index contributed by atoms with van der Waals surface area (Å²) in [6.07, 6.45) is 3.57. The number of Topliss-reactive ketones (excluding diaryl/α,β-unsaturated/α-hetero) is 1. The Morgan fingerprint density at radius 3 is 2.56 bits per heavy atom. The van der Waals surface area contributed by atoms with Gasteiger partial charge in [0, 0.05) is 39.3 Å². The number of ketones is 1. The Morgan fingerprint density at radius 1 is 1.22 bits per heavy atom. The molecule has 1 aromatic rings. The highest BCUT2D eigenvalue weighted by Crippen LogP contribution is 2.21. The molecule has 6 nitrogen and oxygen atoms in total. The predicted octanol–water partition coefficient (Wildman–Crippen LogP) is 2.89. The molecule has 0 N–H and O–H groups in total. The molecule has 0 radical (unpaired) electrons. The van der Waals surface area contributed by atoms with Crippen molar-refractivity contribution in [1.29, 1.82) is 0 Å². The summed E-state index contributed by atoms with van der Waals surface area (Å²) in [4.78, 5) is 31.9. The molecule has 2 heterocycles. The van der Waals surface area contributed by atoms with Crippen LogP contribution in [-0.4, -0.2) is 60.6 Å². The van der Waals surface area contributed by atoms with E-state index < -0.39 is 0 Å². The van der Waals surface area contributed by atoms with Crippen molar-refractivity contribution < 1.29 is 14.3 Å². The Kier molecular flexibility index (Phi) is 6.27. The summed E-state index contributed by atoms with van der Waals surface area (Å²) in [5.74, 6) is 0.538. The fourth-order valence-electron chi connectivity index (χ4n) is 3.47. The zero-order valence-electron chi connectivity index (χ0n) is 16.1. The number of hydrogen-bond donors (Lipinski definition) is 0. The highest BCUT2D eigenvalue weighted by atomic mass is 16.6. The Hall–Kier alpha value is -2.63. The van der Waals surface area contributed by atoms with Crippen molar-refractivity contribution in [2.45, 2.75) is 26.4 Å². The van der Waals surface area contributed by atoms with Crippen molar-refractivity contribution in [2.75, 3.05) is 33.2 Å². The van der Waals surface area contributed by atoms with Crippen molar-refractivity contribution in [3.05, 3.63) is 47.7 Å². The predicted molar refractivity (Wildman–Crippen MR) is 105 cm³/mol. The van der Waals surface area contributed by atoms with Gasteiger partial charge in [0.25, 0.3) is 0 Å². The Bertz CT molecular complexity index is 734. The van der Waals surface area contributed by atoms with Crippen LogP contribution in [0.1, 0.15) is 25.3 Å². The lowest BCUT2D eigenvalue weighted by Crippen LogP contribution is -2.41. The van der Waals surface area contributed by atoms with E-state index in [1.54, 1.807) is 11.8 Å². The molecule has 0 aromatic heterocycles. The first kappa shape index (κ1) is 19.1. The molecule has 0 spiro atoms. The minimum atomic E-state index is -0.233. The summed E-state index contributed by atoms with van der Waals surface area (Å²) >= 11 is 0. The van der Waals surface area contributed by atoms with Gasteiger partial charge in [-0.2, -0.15) is 0 Å². The van der Waals surface area contributed by atoms with E-state index in [0.29, 0.717) is 24.8 Å². The molecule has 27 heavy (non-hydrogen) atoms. The quantitative estimate of drug-likeness (QED) is 0.774. The summed E-state index contributed by atoms with van der Waals surface area (Å²) in [5, 5.41) is 0. The lowest BCUT2D eigenvalue weighted by molar-refractivity contribution is -0.111. The van der Waals surface area contributed by atoms with Gasteiger partial charge in [-0.3, -0.25) is 9.79 Å². The largest absolute Gasteiger partial charge is 0.445 e. The minimum Gasteiger partial charge on any atom is -0.445 e. The Balaban J connectivity index is 1.40. The first-order valence-electron chi connectivity index (χ1n) is 9.45. The van der Waals surface area contributed by atoms with Crippen LogP contribution in [0.25, 0.3) is 0 Å². The van der Waals surface area contributed by atoms with Gasteiger partial charge in [-0.25, -0.2) is 4.79 Å². The fourth-order valence-corrected chi connectivity index (χ4v) is 3.47. The summed E-state index contributed by atoms with van der Waals surface area (Å²) in [5.41, 5.74) is 2.65. The number of rotatable bonds is 6. The molecule has 0 unspecified atom stereocenters. The number of hydrogen-bond acceptors (Lipinski definition) is 5. The zero-order chi connectivity index (χ0) is 19.2. The van der Waals surface area contributed by atoms with Crippen molar-refractivity contribution >= 4 is 17.6 Å². The van der Waals surface area contributed by atoms with Gasteiger partial charge >= 0.3 is 6.09 Å². The molecule has 1 fully saturated rings. The molecular formula is C21H27N3O3. The molecule has 1 amide bonds. The van der Waals surface area contributed by atoms with E-state index in [1.807, 2.05) is 43.5 Å². The van der Waals surface area contributed by atoms with E-state index in [0.717, 1.165) is 43.7 Å². The fraction of sp³-hybridized carbons (Fsp3) is 0.476. The molecule has 1 aromatic carbocycles. The summed E-state index contributed by atoms with van der Waals surface area (Å²) in [6.45, 7) is 4.80. The third-order valence-corrected chi connectivity index (χ3v) is 5.18. The van der Waals surface area contributed by atoms with Crippen molar-refractivity contribution in [3.63, 3.8) is 0 Å². The van der Waals surface area contributed by atoms with E-state index in [-0.39, 0.29) is 11.9 Å². The summed E-state index contributed by atoms with van der Waals surface area (Å²) in [6, 6.07) is 9.73. The summed E-state index contributed by atoms with van der Waals surface area (Å²) < 4.78 is 5.42. The molecule has 3 rings (SSSR count). The second kappa shape index (κ2) is 8.84. The maximum atomic E-state index is 12.2. The third kappa shape index (κ3) is 5.18. The van der Waals surface area contributed by atoms with Gasteiger partial charge in [0.1, 0.15) is 12.3 Å². The number of amides is 1. The number of benzene rings is 1. The minimum absolute atomic E-state index is 0.0146. The number of ether oxygens (including phenoxy) is 1. The van der Waals surface area contributed by atoms with E-state index in [2.05, 4.69) is 9.89 Å². The Morgan fingerprint density at radius 2 is 1.93 bits per heavy atom. The highest BCUT2D eigenvalue weighted by molar-refractivity contribution is 6.44. The van der Waals surface area contributed by atoms with Gasteiger partial charge in [0.2, 0.25) is 0 Å². The van der Waals surface area contributed by atoms with Crippen LogP contribution in [0.2, 0.25) is 0 Å². The van der Waals surface area contributed by atoms with Gasteiger partial charge in [-0.15, -0.1) is 0 Å². The topological polar surface area (TPSA) is 62.2 Å². The normalized spacial score (nSPS) is 17.3. The van der Waals surface area contributed by atoms with Crippen LogP contribution in [-0.2, 0) is 16.1 Å². The van der Waals surface area contributed by atoms with E-state index >= 15 is 0 Å². The van der Waals surface area contributed by atoms with Crippen molar-refractivity contribution in [3.8, 4) is 0 Å². The smallest absolute Gasteiger partial charge is 0.410 e. The second-order valence-corrected chi connectivity index (χ2v) is 7.24. The molecule has 144 valence electrons. The monoisotopic (exact) mass is 369 g/mol. The highest BCUT2D eigenvalue weighted by Gasteiger charge is 2.25. The maximum absolute atomic E-state index is 12.2. The first-order chi connectivity index (χ1) is 13.0. The van der Waals surface area contributed by atoms with E-state index in [4.69, 9.17) is 4.74 Å². The number of aliphatic imine (C=N–C) groups is 1. The van der Waals surface area contributed by atoms with Crippen molar-refractivity contribution in [1.82, 2.24) is 9.80 Å². The van der Waals surface area contributed by atoms with Crippen LogP contribution in [0.15, 0.2) is 47.1 Å². The number of likely N-dealkylation sites (N-methyl/N-ethyl adjacent to an activating group) is 1. The van der Waals surface area contributed by atoms with Crippen LogP contribution in [0.3, 0.4) is 0 Å². The van der Waals surface area contributed by atoms with Crippen LogP contribution in [0, 0.1) is 5.92 Å². The molecule has 6 heteroatoms. The van der Waals surface area contributed by atoms with Gasteiger partial charge in [-0.05, 0) is 30.4 Å². The average molecular weight is 369 g/mol. The van der Waals surface area contributed by atoms with Gasteiger partial charge in [-0.1, -0.05) is 30.3 Å². The SMILES string of the molecule is CC(=O)C1=NCC(N(C)CC2CCN(C(=O)OCc3ccccc3)CC2)=C1. The maximum Gasteiger partial charge on any atom is 0.410 e. The molecule has 1 saturated heterocycles. The first-order valence-corrected chi connectivity index (χ1v) is 9.45. The van der Waals surface area contributed by atoms with Crippen molar-refractivity contribution in [2.24, 2.45) is 10.9 Å². The van der Waals surface area contributed by atoms with E-state index in [1.165, 1.54) is 0 Å². The van der Waals surface area contributed by atoms with Crippen LogP contribution >= 0.6 is 0 Å². The average Bonchev–Trinajstić information content (AvgIpc) is 3.18. The van der Waals surface area contributed by atoms with Gasteiger partial charge in [0.05, 0.1) is 6.54 Å². The number of piperidine rings is 1. The zero-order valence-corrected chi connectivity index (χ0v) is 16.1. The lowest BCUT2D eigenvalue weighted by Gasteiger charge is -2.34.